The lowest BCUT2D eigenvalue weighted by Gasteiger charge is -2.33. The van der Waals surface area contributed by atoms with Crippen LogP contribution in [0.25, 0.3) is 0 Å². The van der Waals surface area contributed by atoms with Crippen molar-refractivity contribution >= 4 is 31.6 Å². The van der Waals surface area contributed by atoms with Crippen molar-refractivity contribution < 1.29 is 27.3 Å². The van der Waals surface area contributed by atoms with Crippen molar-refractivity contribution in [2.45, 2.75) is 56.4 Å². The Morgan fingerprint density at radius 3 is 2.06 bits per heavy atom. The van der Waals surface area contributed by atoms with E-state index in [0.717, 1.165) is 36.4 Å². The molecule has 0 bridgehead atoms. The zero-order chi connectivity index (χ0) is 26.9. The summed E-state index contributed by atoms with van der Waals surface area (Å²) in [4.78, 5) is 23.1. The number of rotatable bonds is 7. The second-order valence-electron chi connectivity index (χ2n) is 10.1. The number of benzene rings is 2. The average molecular weight is 541 g/mol. The molecule has 2 aromatic rings. The van der Waals surface area contributed by atoms with Gasteiger partial charge in [0.1, 0.15) is 12.4 Å². The minimum Gasteiger partial charge on any atom is -0.447 e. The number of carbonyl (C=O) groups excluding carboxylic acids is 1. The molecule has 36 heavy (non-hydrogen) atoms. The standard InChI is InChI=1S/C23H29FN4O6S2/c1-22(2,3)16-23(4,5)25-35(27-14-15-34-21(27)29,19-10-6-17(24)7-11-19)26-36(32,33)20-12-8-18(9-13-20)28(30)31/h6-13H,14-16H2,1-5H3. The smallest absolute Gasteiger partial charge is 0.421 e. The molecule has 0 aromatic heterocycles. The molecule has 1 saturated heterocycles. The fraction of sp³-hybridized carbons (Fsp3) is 0.435. The van der Waals surface area contributed by atoms with E-state index < -0.39 is 42.2 Å². The van der Waals surface area contributed by atoms with E-state index in [4.69, 9.17) is 9.10 Å². The normalized spacial score (nSPS) is 16.3. The van der Waals surface area contributed by atoms with Crippen LogP contribution in [0.1, 0.15) is 41.0 Å². The van der Waals surface area contributed by atoms with Gasteiger partial charge in [0.25, 0.3) is 15.7 Å². The average Bonchev–Trinajstić information content (AvgIpc) is 3.18. The van der Waals surface area contributed by atoms with Gasteiger partial charge in [-0.05, 0) is 62.1 Å². The molecule has 0 radical (unpaired) electrons. The maximum atomic E-state index is 13.9. The highest BCUT2D eigenvalue weighted by atomic mass is 32.3. The number of sulfonamides is 1. The van der Waals surface area contributed by atoms with Gasteiger partial charge in [-0.3, -0.25) is 10.1 Å². The number of nitro benzene ring substituents is 1. The van der Waals surface area contributed by atoms with Crippen molar-refractivity contribution in [2.24, 2.45) is 13.5 Å². The van der Waals surface area contributed by atoms with E-state index in [9.17, 15) is 27.7 Å². The number of hydrogen-bond donors (Lipinski definition) is 0. The Bertz CT molecular complexity index is 1390. The Hall–Kier alpha value is -3.06. The quantitative estimate of drug-likeness (QED) is 0.332. The SMILES string of the molecule is CC(C)(C)CC(C)(C)N=S(=NS(=O)(=O)c1ccc([N+](=O)[O-])cc1)(c1ccc(F)cc1)N1CCOC1=O. The second-order valence-corrected chi connectivity index (χ2v) is 14.3. The molecular formula is C23H29FN4O6S2. The topological polar surface area (TPSA) is 132 Å². The highest BCUT2D eigenvalue weighted by Crippen LogP contribution is 2.36. The van der Waals surface area contributed by atoms with E-state index in [1.165, 1.54) is 16.4 Å². The van der Waals surface area contributed by atoms with Gasteiger partial charge in [0.15, 0.2) is 0 Å². The van der Waals surface area contributed by atoms with E-state index >= 15 is 0 Å². The predicted molar refractivity (Wildman–Crippen MR) is 133 cm³/mol. The number of cyclic esters (lactones) is 1. The third kappa shape index (κ3) is 6.19. The van der Waals surface area contributed by atoms with Crippen LogP contribution in [0.2, 0.25) is 0 Å². The summed E-state index contributed by atoms with van der Waals surface area (Å²) in [5.74, 6) is -0.553. The molecule has 3 rings (SSSR count). The van der Waals surface area contributed by atoms with Gasteiger partial charge in [0.2, 0.25) is 0 Å². The molecule has 196 valence electrons. The Morgan fingerprint density at radius 1 is 1.03 bits per heavy atom. The monoisotopic (exact) mass is 540 g/mol. The van der Waals surface area contributed by atoms with Crippen molar-refractivity contribution in [3.8, 4) is 0 Å². The predicted octanol–water partition coefficient (Wildman–Crippen LogP) is 5.58. The summed E-state index contributed by atoms with van der Waals surface area (Å²) in [5.41, 5.74) is -1.35. The number of amides is 1. The van der Waals surface area contributed by atoms with E-state index in [1.54, 1.807) is 0 Å². The number of ether oxygens (including phenoxy) is 1. The maximum absolute atomic E-state index is 13.9. The third-order valence-electron chi connectivity index (χ3n) is 5.05. The number of carbonyl (C=O) groups is 1. The first kappa shape index (κ1) is 27.5. The van der Waals surface area contributed by atoms with Gasteiger partial charge in [-0.15, -0.1) is 3.77 Å². The summed E-state index contributed by atoms with van der Waals surface area (Å²) >= 11 is 0. The van der Waals surface area contributed by atoms with Gasteiger partial charge < -0.3 is 4.74 Å². The van der Waals surface area contributed by atoms with Crippen molar-refractivity contribution in [1.82, 2.24) is 4.31 Å². The number of nitrogens with zero attached hydrogens (tertiary/aromatic N) is 4. The first-order chi connectivity index (χ1) is 16.5. The fourth-order valence-corrected chi connectivity index (χ4v) is 9.17. The molecule has 1 atom stereocenters. The Kier molecular flexibility index (Phi) is 7.47. The fourth-order valence-electron chi connectivity index (χ4n) is 4.15. The molecule has 1 aliphatic heterocycles. The van der Waals surface area contributed by atoms with Gasteiger partial charge in [0, 0.05) is 17.0 Å². The third-order valence-corrected chi connectivity index (χ3v) is 10.1. The van der Waals surface area contributed by atoms with E-state index in [1.807, 2.05) is 34.6 Å². The first-order valence-corrected chi connectivity index (χ1v) is 14.0. The lowest BCUT2D eigenvalue weighted by Crippen LogP contribution is -2.36. The molecule has 1 aliphatic rings. The highest BCUT2D eigenvalue weighted by molar-refractivity contribution is 8.03. The van der Waals surface area contributed by atoms with Crippen LogP contribution in [0, 0.1) is 21.3 Å². The van der Waals surface area contributed by atoms with Crippen LogP contribution in [-0.2, 0) is 24.6 Å². The van der Waals surface area contributed by atoms with Crippen LogP contribution < -0.4 is 0 Å². The van der Waals surface area contributed by atoms with Crippen LogP contribution in [0.5, 0.6) is 0 Å². The molecule has 1 unspecified atom stereocenters. The minimum absolute atomic E-state index is 0.0110. The summed E-state index contributed by atoms with van der Waals surface area (Å²) in [6.45, 7) is 9.70. The summed E-state index contributed by atoms with van der Waals surface area (Å²) in [7, 11) is -7.85. The highest BCUT2D eigenvalue weighted by Gasteiger charge is 2.37. The van der Waals surface area contributed by atoms with Crippen molar-refractivity contribution in [1.29, 1.82) is 0 Å². The molecule has 0 N–H and O–H groups in total. The number of nitro groups is 1. The largest absolute Gasteiger partial charge is 0.447 e. The lowest BCUT2D eigenvalue weighted by molar-refractivity contribution is -0.384. The molecule has 0 saturated carbocycles. The van der Waals surface area contributed by atoms with Crippen molar-refractivity contribution in [2.75, 3.05) is 13.2 Å². The van der Waals surface area contributed by atoms with Crippen LogP contribution in [0.3, 0.4) is 0 Å². The molecule has 0 spiro atoms. The van der Waals surface area contributed by atoms with Crippen molar-refractivity contribution in [3.63, 3.8) is 0 Å². The number of halogens is 1. The Morgan fingerprint density at radius 2 is 1.58 bits per heavy atom. The van der Waals surface area contributed by atoms with Gasteiger partial charge in [-0.25, -0.2) is 17.9 Å². The summed E-state index contributed by atoms with van der Waals surface area (Å²) in [6.07, 6.45) is -0.265. The van der Waals surface area contributed by atoms with Gasteiger partial charge >= 0.3 is 6.09 Å². The van der Waals surface area contributed by atoms with Gasteiger partial charge in [-0.2, -0.15) is 8.42 Å². The summed E-state index contributed by atoms with van der Waals surface area (Å²) in [5, 5.41) is 11.0. The molecular weight excluding hydrogens is 511 g/mol. The number of non-ortho nitro benzene ring substituents is 1. The Balaban J connectivity index is 2.42. The van der Waals surface area contributed by atoms with E-state index in [2.05, 4.69) is 3.77 Å². The second kappa shape index (κ2) is 9.77. The molecule has 1 heterocycles. The van der Waals surface area contributed by atoms with Crippen LogP contribution >= 0.6 is 0 Å². The van der Waals surface area contributed by atoms with Crippen LogP contribution in [-0.4, -0.2) is 42.4 Å². The molecule has 0 aliphatic carbocycles. The van der Waals surface area contributed by atoms with E-state index in [-0.39, 0.29) is 34.0 Å². The lowest BCUT2D eigenvalue weighted by atomic mass is 9.82. The number of hydrogen-bond acceptors (Lipinski definition) is 7. The molecule has 1 amide bonds. The van der Waals surface area contributed by atoms with Gasteiger partial charge in [-0.1, -0.05) is 20.8 Å². The van der Waals surface area contributed by atoms with E-state index in [0.29, 0.717) is 6.42 Å². The van der Waals surface area contributed by atoms with Crippen LogP contribution in [0.4, 0.5) is 14.9 Å². The zero-order valence-corrected chi connectivity index (χ0v) is 22.3. The van der Waals surface area contributed by atoms with Gasteiger partial charge in [0.05, 0.1) is 31.7 Å². The summed E-state index contributed by atoms with van der Waals surface area (Å²) in [6, 6.07) is 9.30. The first-order valence-electron chi connectivity index (χ1n) is 11.1. The van der Waals surface area contributed by atoms with Crippen LogP contribution in [0.15, 0.2) is 66.5 Å². The summed E-state index contributed by atoms with van der Waals surface area (Å²) < 4.78 is 56.5. The molecule has 1 fully saturated rings. The maximum Gasteiger partial charge on any atom is 0.421 e. The van der Waals surface area contributed by atoms with Crippen molar-refractivity contribution in [3.05, 3.63) is 64.5 Å². The zero-order valence-electron chi connectivity index (χ0n) is 20.7. The molecule has 2 aromatic carbocycles. The molecule has 10 nitrogen and oxygen atoms in total. The Labute approximate surface area is 210 Å². The molecule has 13 heteroatoms. The minimum atomic E-state index is -4.49.